The van der Waals surface area contributed by atoms with Crippen LogP contribution in [0.5, 0.6) is 0 Å². The highest BCUT2D eigenvalue weighted by Crippen LogP contribution is 2.38. The van der Waals surface area contributed by atoms with Crippen LogP contribution in [-0.2, 0) is 16.9 Å². The summed E-state index contributed by atoms with van der Waals surface area (Å²) in [6.07, 6.45) is 6.58. The lowest BCUT2D eigenvalue weighted by Gasteiger charge is -2.40. The Morgan fingerprint density at radius 1 is 1.19 bits per heavy atom. The number of piperidine rings is 1. The number of amides is 3. The average molecular weight is 386 g/mol. The number of rotatable bonds is 4. The third kappa shape index (κ3) is 3.28. The van der Waals surface area contributed by atoms with Gasteiger partial charge in [0.1, 0.15) is 0 Å². The molecular formula is C19H20ClN5O2. The van der Waals surface area contributed by atoms with Gasteiger partial charge in [-0.05, 0) is 55.6 Å². The normalized spacial score (nSPS) is 23.9. The zero-order chi connectivity index (χ0) is 18.9. The van der Waals surface area contributed by atoms with Crippen molar-refractivity contribution in [3.05, 3.63) is 59.1 Å². The number of nitrogens with one attached hydrogen (secondary N) is 2. The number of carbonyl (C=O) groups is 2. The van der Waals surface area contributed by atoms with Gasteiger partial charge in [-0.3, -0.25) is 25.0 Å². The molecule has 0 unspecified atom stereocenters. The summed E-state index contributed by atoms with van der Waals surface area (Å²) in [4.78, 5) is 35.4. The molecule has 0 radical (unpaired) electrons. The molecule has 0 aromatic carbocycles. The van der Waals surface area contributed by atoms with E-state index in [2.05, 4.69) is 25.5 Å². The molecule has 8 heteroatoms. The zero-order valence-electron chi connectivity index (χ0n) is 14.7. The summed E-state index contributed by atoms with van der Waals surface area (Å²) < 4.78 is 0. The molecule has 2 saturated heterocycles. The van der Waals surface area contributed by atoms with E-state index in [1.54, 1.807) is 30.7 Å². The fourth-order valence-corrected chi connectivity index (χ4v) is 4.22. The number of halogens is 1. The third-order valence-corrected chi connectivity index (χ3v) is 5.76. The lowest BCUT2D eigenvalue weighted by atomic mass is 9.75. The third-order valence-electron chi connectivity index (χ3n) is 5.42. The first kappa shape index (κ1) is 17.9. The highest BCUT2D eigenvalue weighted by molar-refractivity contribution is 6.31. The minimum Gasteiger partial charge on any atom is -0.318 e. The first-order valence-corrected chi connectivity index (χ1v) is 9.33. The van der Waals surface area contributed by atoms with Crippen LogP contribution in [0.2, 0.25) is 5.02 Å². The van der Waals surface area contributed by atoms with Gasteiger partial charge in [-0.2, -0.15) is 0 Å². The van der Waals surface area contributed by atoms with Crippen molar-refractivity contribution >= 4 is 23.5 Å². The van der Waals surface area contributed by atoms with E-state index >= 15 is 0 Å². The van der Waals surface area contributed by atoms with Crippen molar-refractivity contribution in [2.75, 3.05) is 13.1 Å². The van der Waals surface area contributed by atoms with Crippen molar-refractivity contribution in [1.82, 2.24) is 25.5 Å². The second-order valence-corrected chi connectivity index (χ2v) is 7.36. The quantitative estimate of drug-likeness (QED) is 0.787. The molecule has 3 amide bonds. The van der Waals surface area contributed by atoms with Gasteiger partial charge in [-0.25, -0.2) is 4.79 Å². The Bertz CT molecular complexity index is 854. The van der Waals surface area contributed by atoms with E-state index in [1.807, 2.05) is 12.1 Å². The van der Waals surface area contributed by atoms with Crippen LogP contribution in [0.15, 0.2) is 42.9 Å². The minimum atomic E-state index is -1.10. The fourth-order valence-electron chi connectivity index (χ4n) is 4.04. The molecule has 0 aliphatic carbocycles. The lowest BCUT2D eigenvalue weighted by Crippen LogP contribution is -2.53. The highest BCUT2D eigenvalue weighted by Gasteiger charge is 2.54. The maximum absolute atomic E-state index is 12.8. The van der Waals surface area contributed by atoms with E-state index in [-0.39, 0.29) is 11.8 Å². The maximum atomic E-state index is 12.8. The Labute approximate surface area is 162 Å². The summed E-state index contributed by atoms with van der Waals surface area (Å²) in [7, 11) is 0. The number of hydrogen-bond donors (Lipinski definition) is 2. The van der Waals surface area contributed by atoms with E-state index in [0.717, 1.165) is 38.0 Å². The number of urea groups is 1. The molecule has 4 rings (SSSR count). The molecule has 2 aromatic heterocycles. The molecule has 1 atom stereocenters. The molecule has 0 bridgehead atoms. The summed E-state index contributed by atoms with van der Waals surface area (Å²) in [6.45, 7) is 2.35. The van der Waals surface area contributed by atoms with Gasteiger partial charge in [0.2, 0.25) is 0 Å². The van der Waals surface area contributed by atoms with Crippen molar-refractivity contribution in [3.8, 4) is 0 Å². The number of pyridine rings is 2. The Morgan fingerprint density at radius 2 is 2.00 bits per heavy atom. The fraction of sp³-hybridized carbons (Fsp3) is 0.368. The van der Waals surface area contributed by atoms with Crippen LogP contribution in [0.25, 0.3) is 0 Å². The predicted molar refractivity (Wildman–Crippen MR) is 99.8 cm³/mol. The van der Waals surface area contributed by atoms with Gasteiger partial charge in [0.25, 0.3) is 5.91 Å². The zero-order valence-corrected chi connectivity index (χ0v) is 15.4. The standard InChI is InChI=1S/C19H20ClN5O2/c20-15-11-21-8-4-13(15)12-25-9-5-14(6-10-25)19(16-3-1-2-7-22-16)17(26)23-18(27)24-19/h1-4,7-8,11,14H,5-6,9-10,12H2,(H2,23,24,26,27)/t19-/m0/s1. The molecule has 2 fully saturated rings. The number of aromatic nitrogens is 2. The monoisotopic (exact) mass is 385 g/mol. The van der Waals surface area contributed by atoms with Crippen LogP contribution in [0.1, 0.15) is 24.1 Å². The molecular weight excluding hydrogens is 366 g/mol. The van der Waals surface area contributed by atoms with E-state index in [0.29, 0.717) is 10.7 Å². The molecule has 0 spiro atoms. The van der Waals surface area contributed by atoms with Crippen LogP contribution in [-0.4, -0.2) is 39.9 Å². The van der Waals surface area contributed by atoms with Crippen LogP contribution in [0, 0.1) is 5.92 Å². The largest absolute Gasteiger partial charge is 0.322 e. The molecule has 2 aromatic rings. The predicted octanol–water partition coefficient (Wildman–Crippen LogP) is 2.08. The summed E-state index contributed by atoms with van der Waals surface area (Å²) in [5.41, 5.74) is 0.527. The van der Waals surface area contributed by atoms with Crippen LogP contribution in [0.3, 0.4) is 0 Å². The molecule has 4 heterocycles. The number of likely N-dealkylation sites (tertiary alicyclic amines) is 1. The first-order chi connectivity index (χ1) is 13.1. The molecule has 27 heavy (non-hydrogen) atoms. The minimum absolute atomic E-state index is 0.0250. The second kappa shape index (κ2) is 7.25. The highest BCUT2D eigenvalue weighted by atomic mass is 35.5. The molecule has 0 saturated carbocycles. The van der Waals surface area contributed by atoms with E-state index in [9.17, 15) is 9.59 Å². The van der Waals surface area contributed by atoms with Crippen LogP contribution >= 0.6 is 11.6 Å². The molecule has 2 aliphatic rings. The van der Waals surface area contributed by atoms with Crippen molar-refractivity contribution in [3.63, 3.8) is 0 Å². The molecule has 140 valence electrons. The van der Waals surface area contributed by atoms with Gasteiger partial charge >= 0.3 is 6.03 Å². The maximum Gasteiger partial charge on any atom is 0.322 e. The summed E-state index contributed by atoms with van der Waals surface area (Å²) in [5.74, 6) is -0.343. The van der Waals surface area contributed by atoms with Gasteiger partial charge in [-0.1, -0.05) is 17.7 Å². The van der Waals surface area contributed by atoms with Gasteiger partial charge < -0.3 is 5.32 Å². The van der Waals surface area contributed by atoms with Gasteiger partial charge in [0.15, 0.2) is 5.54 Å². The number of nitrogens with zero attached hydrogens (tertiary/aromatic N) is 3. The summed E-state index contributed by atoms with van der Waals surface area (Å²) in [6, 6.07) is 6.90. The number of carbonyl (C=O) groups excluding carboxylic acids is 2. The van der Waals surface area contributed by atoms with Crippen molar-refractivity contribution < 1.29 is 9.59 Å². The topological polar surface area (TPSA) is 87.2 Å². The van der Waals surface area contributed by atoms with Crippen molar-refractivity contribution in [2.24, 2.45) is 5.92 Å². The number of hydrogen-bond acceptors (Lipinski definition) is 5. The summed E-state index contributed by atoms with van der Waals surface area (Å²) in [5, 5.41) is 5.92. The van der Waals surface area contributed by atoms with E-state index in [1.165, 1.54) is 0 Å². The van der Waals surface area contributed by atoms with Crippen LogP contribution < -0.4 is 10.6 Å². The van der Waals surface area contributed by atoms with Crippen molar-refractivity contribution in [1.29, 1.82) is 0 Å². The number of imide groups is 1. The Kier molecular flexibility index (Phi) is 4.80. The Morgan fingerprint density at radius 3 is 2.63 bits per heavy atom. The average Bonchev–Trinajstić information content (AvgIpc) is 3.00. The van der Waals surface area contributed by atoms with Gasteiger partial charge in [-0.15, -0.1) is 0 Å². The van der Waals surface area contributed by atoms with Gasteiger partial charge in [0.05, 0.1) is 10.7 Å². The van der Waals surface area contributed by atoms with Gasteiger partial charge in [0, 0.05) is 25.1 Å². The molecule has 2 N–H and O–H groups in total. The second-order valence-electron chi connectivity index (χ2n) is 6.95. The summed E-state index contributed by atoms with van der Waals surface area (Å²) >= 11 is 6.22. The Balaban J connectivity index is 1.52. The smallest absolute Gasteiger partial charge is 0.318 e. The molecule has 2 aliphatic heterocycles. The van der Waals surface area contributed by atoms with Crippen molar-refractivity contribution in [2.45, 2.75) is 24.9 Å². The lowest BCUT2D eigenvalue weighted by molar-refractivity contribution is -0.127. The Hall–Kier alpha value is -2.51. The first-order valence-electron chi connectivity index (χ1n) is 8.95. The SMILES string of the molecule is O=C1NC(=O)[C@@](c2ccccn2)(C2CCN(Cc3ccncc3Cl)CC2)N1. The molecule has 7 nitrogen and oxygen atoms in total. The van der Waals surface area contributed by atoms with Crippen LogP contribution in [0.4, 0.5) is 4.79 Å². The van der Waals surface area contributed by atoms with E-state index < -0.39 is 11.6 Å². The van der Waals surface area contributed by atoms with E-state index in [4.69, 9.17) is 11.6 Å².